The van der Waals surface area contributed by atoms with Gasteiger partial charge in [0.05, 0.1) is 6.42 Å². The highest BCUT2D eigenvalue weighted by molar-refractivity contribution is 5.85. The molecule has 0 amide bonds. The molecule has 0 radical (unpaired) electrons. The first-order chi connectivity index (χ1) is 11.4. The molecule has 1 heterocycles. The molecule has 0 spiro atoms. The van der Waals surface area contributed by atoms with E-state index in [9.17, 15) is 9.90 Å². The number of benzene rings is 2. The van der Waals surface area contributed by atoms with Gasteiger partial charge in [-0.15, -0.1) is 0 Å². The summed E-state index contributed by atoms with van der Waals surface area (Å²) in [6.07, 6.45) is 2.02. The highest BCUT2D eigenvalue weighted by atomic mass is 16.4. The fourth-order valence-corrected chi connectivity index (χ4v) is 3.18. The molecule has 0 unspecified atom stereocenters. The molecule has 0 saturated carbocycles. The van der Waals surface area contributed by atoms with Crippen molar-refractivity contribution in [3.05, 3.63) is 71.4 Å². The molecule has 0 aliphatic rings. The fourth-order valence-electron chi connectivity index (χ4n) is 3.18. The minimum atomic E-state index is -0.787. The van der Waals surface area contributed by atoms with Gasteiger partial charge in [-0.1, -0.05) is 63.2 Å². The van der Waals surface area contributed by atoms with Gasteiger partial charge in [0.25, 0.3) is 0 Å². The highest BCUT2D eigenvalue weighted by Crippen LogP contribution is 2.34. The number of carbonyl (C=O) groups is 1. The standard InChI is InChI=1S/C21H23NO2/c1-21(2,3)15-10-8-14(9-11-15)17(12-20(23)24)18-13-22-19-7-5-4-6-16(18)19/h4-11,13,17,22H,12H2,1-3H3,(H,23,24)/t17-/m0/s1. The maximum atomic E-state index is 11.4. The maximum absolute atomic E-state index is 11.4. The van der Waals surface area contributed by atoms with Gasteiger partial charge in [0.1, 0.15) is 0 Å². The van der Waals surface area contributed by atoms with Crippen LogP contribution in [-0.2, 0) is 10.2 Å². The van der Waals surface area contributed by atoms with Crippen molar-refractivity contribution in [2.45, 2.75) is 38.5 Å². The molecular weight excluding hydrogens is 298 g/mol. The molecule has 3 aromatic rings. The van der Waals surface area contributed by atoms with Gasteiger partial charge >= 0.3 is 5.97 Å². The zero-order valence-corrected chi connectivity index (χ0v) is 14.3. The van der Waals surface area contributed by atoms with Gasteiger partial charge in [0, 0.05) is 23.0 Å². The highest BCUT2D eigenvalue weighted by Gasteiger charge is 2.22. The smallest absolute Gasteiger partial charge is 0.304 e. The van der Waals surface area contributed by atoms with Crippen molar-refractivity contribution in [3.8, 4) is 0 Å². The van der Waals surface area contributed by atoms with Crippen LogP contribution < -0.4 is 0 Å². The van der Waals surface area contributed by atoms with Crippen molar-refractivity contribution in [3.63, 3.8) is 0 Å². The largest absolute Gasteiger partial charge is 0.481 e. The van der Waals surface area contributed by atoms with Gasteiger partial charge in [-0.3, -0.25) is 4.79 Å². The number of nitrogens with one attached hydrogen (secondary N) is 1. The molecule has 0 bridgehead atoms. The SMILES string of the molecule is CC(C)(C)c1ccc([C@H](CC(=O)O)c2c[nH]c3ccccc23)cc1. The van der Waals surface area contributed by atoms with Crippen LogP contribution in [0, 0.1) is 0 Å². The van der Waals surface area contributed by atoms with Gasteiger partial charge in [0.2, 0.25) is 0 Å². The average molecular weight is 321 g/mol. The van der Waals surface area contributed by atoms with Crippen molar-refractivity contribution in [1.82, 2.24) is 4.98 Å². The first kappa shape index (κ1) is 16.3. The lowest BCUT2D eigenvalue weighted by Crippen LogP contribution is -2.12. The number of hydrogen-bond acceptors (Lipinski definition) is 1. The maximum Gasteiger partial charge on any atom is 0.304 e. The van der Waals surface area contributed by atoms with Crippen LogP contribution in [0.4, 0.5) is 0 Å². The number of carboxylic acids is 1. The molecule has 1 aromatic heterocycles. The molecule has 0 aliphatic carbocycles. The minimum Gasteiger partial charge on any atom is -0.481 e. The molecule has 3 heteroatoms. The lowest BCUT2D eigenvalue weighted by molar-refractivity contribution is -0.137. The fraction of sp³-hybridized carbons (Fsp3) is 0.286. The summed E-state index contributed by atoms with van der Waals surface area (Å²) in [7, 11) is 0. The predicted molar refractivity (Wildman–Crippen MR) is 97.5 cm³/mol. The normalized spacial score (nSPS) is 13.1. The van der Waals surface area contributed by atoms with Gasteiger partial charge in [-0.05, 0) is 28.2 Å². The summed E-state index contributed by atoms with van der Waals surface area (Å²) < 4.78 is 0. The molecule has 124 valence electrons. The van der Waals surface area contributed by atoms with E-state index in [2.05, 4.69) is 50.0 Å². The quantitative estimate of drug-likeness (QED) is 0.704. The first-order valence-electron chi connectivity index (χ1n) is 8.24. The van der Waals surface area contributed by atoms with Crippen LogP contribution in [0.2, 0.25) is 0 Å². The molecule has 0 aliphatic heterocycles. The Morgan fingerprint density at radius 1 is 1.08 bits per heavy atom. The van der Waals surface area contributed by atoms with Gasteiger partial charge in [-0.25, -0.2) is 0 Å². The monoisotopic (exact) mass is 321 g/mol. The van der Waals surface area contributed by atoms with Crippen LogP contribution in [0.5, 0.6) is 0 Å². The van der Waals surface area contributed by atoms with Crippen molar-refractivity contribution >= 4 is 16.9 Å². The summed E-state index contributed by atoms with van der Waals surface area (Å²) >= 11 is 0. The Kier molecular flexibility index (Phi) is 4.18. The van der Waals surface area contributed by atoms with E-state index in [1.807, 2.05) is 30.5 Å². The van der Waals surface area contributed by atoms with Crippen molar-refractivity contribution in [2.24, 2.45) is 0 Å². The second-order valence-electron chi connectivity index (χ2n) is 7.31. The van der Waals surface area contributed by atoms with Gasteiger partial charge in [0.15, 0.2) is 0 Å². The van der Waals surface area contributed by atoms with E-state index in [-0.39, 0.29) is 17.8 Å². The predicted octanol–water partition coefficient (Wildman–Crippen LogP) is 5.07. The lowest BCUT2D eigenvalue weighted by Gasteiger charge is -2.21. The summed E-state index contributed by atoms with van der Waals surface area (Å²) in [6.45, 7) is 6.53. The van der Waals surface area contributed by atoms with Gasteiger partial charge < -0.3 is 10.1 Å². The zero-order chi connectivity index (χ0) is 17.3. The van der Waals surface area contributed by atoms with E-state index in [4.69, 9.17) is 0 Å². The summed E-state index contributed by atoms with van der Waals surface area (Å²) in [4.78, 5) is 14.7. The first-order valence-corrected chi connectivity index (χ1v) is 8.24. The van der Waals surface area contributed by atoms with Gasteiger partial charge in [-0.2, -0.15) is 0 Å². The number of aliphatic carboxylic acids is 1. The third-order valence-electron chi connectivity index (χ3n) is 4.55. The number of aromatic nitrogens is 1. The van der Waals surface area contributed by atoms with Crippen LogP contribution in [0.1, 0.15) is 49.8 Å². The number of rotatable bonds is 4. The van der Waals surface area contributed by atoms with Crippen LogP contribution in [0.3, 0.4) is 0 Å². The van der Waals surface area contributed by atoms with Crippen LogP contribution in [0.25, 0.3) is 10.9 Å². The van der Waals surface area contributed by atoms with Crippen LogP contribution >= 0.6 is 0 Å². The van der Waals surface area contributed by atoms with E-state index in [1.54, 1.807) is 0 Å². The lowest BCUT2D eigenvalue weighted by atomic mass is 9.83. The molecule has 1 atom stereocenters. The number of H-pyrrole nitrogens is 1. The zero-order valence-electron chi connectivity index (χ0n) is 14.3. The molecule has 2 N–H and O–H groups in total. The van der Waals surface area contributed by atoms with E-state index < -0.39 is 5.97 Å². The molecule has 24 heavy (non-hydrogen) atoms. The average Bonchev–Trinajstić information content (AvgIpc) is 2.96. The summed E-state index contributed by atoms with van der Waals surface area (Å²) in [5.41, 5.74) is 4.45. The van der Waals surface area contributed by atoms with Crippen molar-refractivity contribution in [1.29, 1.82) is 0 Å². The molecular formula is C21H23NO2. The third kappa shape index (κ3) is 3.21. The van der Waals surface area contributed by atoms with Crippen molar-refractivity contribution < 1.29 is 9.90 Å². The molecule has 3 nitrogen and oxygen atoms in total. The van der Waals surface area contributed by atoms with Crippen molar-refractivity contribution in [2.75, 3.05) is 0 Å². The number of carboxylic acid groups (broad SMARTS) is 1. The second-order valence-corrected chi connectivity index (χ2v) is 7.31. The summed E-state index contributed by atoms with van der Waals surface area (Å²) in [5, 5.41) is 10.5. The Morgan fingerprint density at radius 3 is 2.38 bits per heavy atom. The Labute approximate surface area is 142 Å². The van der Waals surface area contributed by atoms with E-state index in [0.29, 0.717) is 0 Å². The number of aromatic amines is 1. The van der Waals surface area contributed by atoms with Crippen LogP contribution in [0.15, 0.2) is 54.7 Å². The Balaban J connectivity index is 2.05. The minimum absolute atomic E-state index is 0.0801. The number of fused-ring (bicyclic) bond motifs is 1. The van der Waals surface area contributed by atoms with Crippen LogP contribution in [-0.4, -0.2) is 16.1 Å². The third-order valence-corrected chi connectivity index (χ3v) is 4.55. The van der Waals surface area contributed by atoms with E-state index in [0.717, 1.165) is 22.0 Å². The number of hydrogen-bond donors (Lipinski definition) is 2. The summed E-state index contributed by atoms with van der Waals surface area (Å²) in [5.74, 6) is -0.946. The van der Waals surface area contributed by atoms with E-state index >= 15 is 0 Å². The summed E-state index contributed by atoms with van der Waals surface area (Å²) in [6, 6.07) is 16.4. The van der Waals surface area contributed by atoms with E-state index in [1.165, 1.54) is 5.56 Å². The Hall–Kier alpha value is -2.55. The Bertz CT molecular complexity index is 853. The molecule has 0 fully saturated rings. The number of para-hydroxylation sites is 1. The topological polar surface area (TPSA) is 53.1 Å². The molecule has 2 aromatic carbocycles. The second kappa shape index (κ2) is 6.16. The Morgan fingerprint density at radius 2 is 1.75 bits per heavy atom. The molecule has 0 saturated heterocycles. The molecule has 3 rings (SSSR count).